The molecule has 0 saturated carbocycles. The zero-order valence-corrected chi connectivity index (χ0v) is 15.7. The highest BCUT2D eigenvalue weighted by Crippen LogP contribution is 2.32. The van der Waals surface area contributed by atoms with Gasteiger partial charge in [-0.05, 0) is 55.7 Å². The van der Waals surface area contributed by atoms with Crippen LogP contribution in [0.2, 0.25) is 0 Å². The van der Waals surface area contributed by atoms with Crippen molar-refractivity contribution >= 4 is 22.9 Å². The van der Waals surface area contributed by atoms with Crippen molar-refractivity contribution in [2.24, 2.45) is 0 Å². The van der Waals surface area contributed by atoms with E-state index in [9.17, 15) is 9.18 Å². The first-order valence-electron chi connectivity index (χ1n) is 9.84. The number of anilines is 1. The number of amides is 1. The van der Waals surface area contributed by atoms with Crippen LogP contribution in [0, 0.1) is 5.82 Å². The number of carbonyl (C=O) groups excluding carboxylic acids is 1. The number of hydrogen-bond donors (Lipinski definition) is 0. The van der Waals surface area contributed by atoms with E-state index in [0.29, 0.717) is 18.2 Å². The Bertz CT molecular complexity index is 1270. The van der Waals surface area contributed by atoms with Crippen LogP contribution in [-0.4, -0.2) is 31.8 Å². The molecule has 0 atom stereocenters. The summed E-state index contributed by atoms with van der Waals surface area (Å²) in [5.74, 6) is 0.280. The van der Waals surface area contributed by atoms with Crippen LogP contribution in [-0.2, 0) is 19.4 Å². The lowest BCUT2D eigenvalue weighted by Crippen LogP contribution is -2.30. The van der Waals surface area contributed by atoms with Gasteiger partial charge in [0.2, 0.25) is 5.95 Å². The Balaban J connectivity index is 1.43. The highest BCUT2D eigenvalue weighted by Gasteiger charge is 2.34. The van der Waals surface area contributed by atoms with Crippen LogP contribution in [0.15, 0.2) is 48.5 Å². The summed E-state index contributed by atoms with van der Waals surface area (Å²) >= 11 is 0. The van der Waals surface area contributed by atoms with Gasteiger partial charge in [0.25, 0.3) is 5.91 Å². The van der Waals surface area contributed by atoms with E-state index >= 15 is 0 Å². The van der Waals surface area contributed by atoms with E-state index in [2.05, 4.69) is 14.6 Å². The van der Waals surface area contributed by atoms with E-state index in [0.717, 1.165) is 53.8 Å². The number of halogens is 1. The SMILES string of the molecule is O=C(c1nn(-c2ccc(F)cc2)c2c1CCC2)N1CCn2c1nc1ccccc12. The summed E-state index contributed by atoms with van der Waals surface area (Å²) in [5.41, 5.74) is 5.25. The van der Waals surface area contributed by atoms with Gasteiger partial charge in [0.05, 0.1) is 16.7 Å². The van der Waals surface area contributed by atoms with Crippen LogP contribution in [0.25, 0.3) is 16.7 Å². The first kappa shape index (κ1) is 16.5. The average molecular weight is 387 g/mol. The molecule has 2 aliphatic rings. The summed E-state index contributed by atoms with van der Waals surface area (Å²) in [7, 11) is 0. The highest BCUT2D eigenvalue weighted by molar-refractivity contribution is 6.06. The third kappa shape index (κ3) is 2.36. The van der Waals surface area contributed by atoms with E-state index in [1.807, 2.05) is 24.3 Å². The number of nitrogens with zero attached hydrogens (tertiary/aromatic N) is 5. The second-order valence-electron chi connectivity index (χ2n) is 7.52. The molecule has 1 aliphatic heterocycles. The molecule has 6 rings (SSSR count). The number of para-hydroxylation sites is 2. The van der Waals surface area contributed by atoms with Gasteiger partial charge in [-0.15, -0.1) is 0 Å². The third-order valence-corrected chi connectivity index (χ3v) is 5.87. The Kier molecular flexibility index (Phi) is 3.41. The van der Waals surface area contributed by atoms with Crippen molar-refractivity contribution in [2.75, 3.05) is 11.4 Å². The molecule has 0 bridgehead atoms. The van der Waals surface area contributed by atoms with Crippen molar-refractivity contribution in [3.63, 3.8) is 0 Å². The molecule has 1 amide bonds. The first-order valence-corrected chi connectivity index (χ1v) is 9.84. The Morgan fingerprint density at radius 1 is 1.00 bits per heavy atom. The lowest BCUT2D eigenvalue weighted by molar-refractivity contribution is 0.0982. The van der Waals surface area contributed by atoms with E-state index < -0.39 is 0 Å². The standard InChI is InChI=1S/C22H18FN5O/c23-14-8-10-15(11-9-14)28-18-7-3-4-16(18)20(25-28)21(29)27-13-12-26-19-6-2-1-5-17(19)24-22(26)27/h1-2,5-6,8-11H,3-4,7,12-13H2. The van der Waals surface area contributed by atoms with Gasteiger partial charge in [-0.2, -0.15) is 5.10 Å². The molecule has 0 N–H and O–H groups in total. The summed E-state index contributed by atoms with van der Waals surface area (Å²) in [6, 6.07) is 14.2. The van der Waals surface area contributed by atoms with Crippen molar-refractivity contribution < 1.29 is 9.18 Å². The molecule has 0 unspecified atom stereocenters. The van der Waals surface area contributed by atoms with Crippen LogP contribution in [0.5, 0.6) is 0 Å². The van der Waals surface area contributed by atoms with E-state index in [1.54, 1.807) is 21.7 Å². The predicted molar refractivity (Wildman–Crippen MR) is 107 cm³/mol. The van der Waals surface area contributed by atoms with Gasteiger partial charge in [-0.3, -0.25) is 9.69 Å². The fourth-order valence-electron chi connectivity index (χ4n) is 4.51. The molecule has 0 saturated heterocycles. The van der Waals surface area contributed by atoms with Gasteiger partial charge in [0.15, 0.2) is 5.69 Å². The van der Waals surface area contributed by atoms with E-state index in [-0.39, 0.29) is 11.7 Å². The average Bonchev–Trinajstić information content (AvgIpc) is 3.48. The van der Waals surface area contributed by atoms with Crippen LogP contribution in [0.4, 0.5) is 10.3 Å². The van der Waals surface area contributed by atoms with E-state index in [4.69, 9.17) is 0 Å². The van der Waals surface area contributed by atoms with Crippen molar-refractivity contribution in [3.05, 3.63) is 71.3 Å². The minimum absolute atomic E-state index is 0.113. The number of benzene rings is 2. The Hall–Kier alpha value is -3.48. The van der Waals surface area contributed by atoms with Crippen molar-refractivity contribution in [1.82, 2.24) is 19.3 Å². The van der Waals surface area contributed by atoms with Crippen LogP contribution < -0.4 is 4.90 Å². The number of rotatable bonds is 2. The fraction of sp³-hybridized carbons (Fsp3) is 0.227. The van der Waals surface area contributed by atoms with Gasteiger partial charge in [0.1, 0.15) is 5.82 Å². The number of fused-ring (bicyclic) bond motifs is 4. The Morgan fingerprint density at radius 3 is 2.69 bits per heavy atom. The maximum absolute atomic E-state index is 13.5. The Morgan fingerprint density at radius 2 is 1.83 bits per heavy atom. The van der Waals surface area contributed by atoms with Gasteiger partial charge < -0.3 is 4.57 Å². The number of imidazole rings is 1. The second kappa shape index (κ2) is 6.01. The molecule has 2 aromatic heterocycles. The minimum Gasteiger partial charge on any atom is -0.308 e. The lowest BCUT2D eigenvalue weighted by Gasteiger charge is -2.13. The number of aromatic nitrogens is 4. The molecule has 0 spiro atoms. The normalized spacial score (nSPS) is 15.1. The van der Waals surface area contributed by atoms with E-state index in [1.165, 1.54) is 12.1 Å². The summed E-state index contributed by atoms with van der Waals surface area (Å²) in [6.07, 6.45) is 2.69. The maximum Gasteiger partial charge on any atom is 0.281 e. The molecule has 0 radical (unpaired) electrons. The van der Waals surface area contributed by atoms with Crippen LogP contribution in [0.3, 0.4) is 0 Å². The molecule has 7 heteroatoms. The fourth-order valence-corrected chi connectivity index (χ4v) is 4.51. The second-order valence-corrected chi connectivity index (χ2v) is 7.52. The molecule has 144 valence electrons. The van der Waals surface area contributed by atoms with Gasteiger partial charge in [-0.25, -0.2) is 14.1 Å². The molecule has 1 aliphatic carbocycles. The summed E-state index contributed by atoms with van der Waals surface area (Å²) in [5, 5.41) is 4.67. The quantitative estimate of drug-likeness (QED) is 0.529. The molecular formula is C22H18FN5O. The minimum atomic E-state index is -0.287. The molecule has 3 heterocycles. The molecule has 0 fully saturated rings. The van der Waals surface area contributed by atoms with Gasteiger partial charge in [0, 0.05) is 24.3 Å². The lowest BCUT2D eigenvalue weighted by atomic mass is 10.2. The molecule has 29 heavy (non-hydrogen) atoms. The smallest absolute Gasteiger partial charge is 0.281 e. The first-order chi connectivity index (χ1) is 14.2. The predicted octanol–water partition coefficient (Wildman–Crippen LogP) is 3.51. The van der Waals surface area contributed by atoms with Gasteiger partial charge >= 0.3 is 0 Å². The maximum atomic E-state index is 13.5. The third-order valence-electron chi connectivity index (χ3n) is 5.87. The molecule has 6 nitrogen and oxygen atoms in total. The topological polar surface area (TPSA) is 56.0 Å². The van der Waals surface area contributed by atoms with Crippen LogP contribution >= 0.6 is 0 Å². The van der Waals surface area contributed by atoms with Crippen molar-refractivity contribution in [2.45, 2.75) is 25.8 Å². The van der Waals surface area contributed by atoms with Gasteiger partial charge in [-0.1, -0.05) is 12.1 Å². The van der Waals surface area contributed by atoms with Crippen molar-refractivity contribution in [1.29, 1.82) is 0 Å². The monoisotopic (exact) mass is 387 g/mol. The number of carbonyl (C=O) groups is 1. The molecule has 2 aromatic carbocycles. The van der Waals surface area contributed by atoms with Crippen molar-refractivity contribution in [3.8, 4) is 5.69 Å². The number of hydrogen-bond acceptors (Lipinski definition) is 3. The zero-order valence-electron chi connectivity index (χ0n) is 15.7. The molecular weight excluding hydrogens is 369 g/mol. The highest BCUT2D eigenvalue weighted by atomic mass is 19.1. The summed E-state index contributed by atoms with van der Waals surface area (Å²) in [6.45, 7) is 1.31. The summed E-state index contributed by atoms with van der Waals surface area (Å²) < 4.78 is 17.2. The zero-order chi connectivity index (χ0) is 19.5. The van der Waals surface area contributed by atoms with Crippen LogP contribution in [0.1, 0.15) is 28.2 Å². The summed E-state index contributed by atoms with van der Waals surface area (Å²) in [4.78, 5) is 19.9. The molecule has 4 aromatic rings. The Labute approximate surface area is 166 Å². The largest absolute Gasteiger partial charge is 0.308 e.